The lowest BCUT2D eigenvalue weighted by Gasteiger charge is -2.56. The van der Waals surface area contributed by atoms with Crippen LogP contribution in [-0.2, 0) is 5.54 Å². The number of rotatable bonds is 3. The summed E-state index contributed by atoms with van der Waals surface area (Å²) in [5.74, 6) is 2.26. The maximum atomic E-state index is 13.1. The fourth-order valence-electron chi connectivity index (χ4n) is 6.05. The molecule has 4 aliphatic rings. The van der Waals surface area contributed by atoms with Crippen LogP contribution in [0, 0.1) is 31.6 Å². The molecule has 0 unspecified atom stereocenters. The average Bonchev–Trinajstić information content (AvgIpc) is 2.89. The molecule has 0 spiro atoms. The van der Waals surface area contributed by atoms with Gasteiger partial charge in [0.05, 0.1) is 34.5 Å². The molecule has 138 valence electrons. The van der Waals surface area contributed by atoms with Gasteiger partial charge in [-0.05, 0) is 70.1 Å². The Kier molecular flexibility index (Phi) is 3.52. The van der Waals surface area contributed by atoms with Gasteiger partial charge in [-0.1, -0.05) is 11.6 Å². The van der Waals surface area contributed by atoms with Crippen molar-refractivity contribution in [1.82, 2.24) is 20.0 Å². The number of aromatic amines is 1. The van der Waals surface area contributed by atoms with Crippen molar-refractivity contribution >= 4 is 23.0 Å². The third-order valence-electron chi connectivity index (χ3n) is 6.76. The van der Waals surface area contributed by atoms with Gasteiger partial charge in [0.15, 0.2) is 0 Å². The average molecular weight is 374 g/mol. The normalized spacial score (nSPS) is 32.2. The third kappa shape index (κ3) is 2.34. The monoisotopic (exact) mass is 373 g/mol. The summed E-state index contributed by atoms with van der Waals surface area (Å²) in [6, 6.07) is 0. The molecule has 7 heteroatoms. The van der Waals surface area contributed by atoms with E-state index in [-0.39, 0.29) is 16.1 Å². The van der Waals surface area contributed by atoms with Crippen LogP contribution in [0.5, 0.6) is 0 Å². The Labute approximate surface area is 157 Å². The molecule has 2 aromatic heterocycles. The van der Waals surface area contributed by atoms with Crippen LogP contribution < -0.4 is 10.9 Å². The Hall–Kier alpha value is -1.82. The standard InChI is InChI=1S/C19H24ClN5O/c1-10-17(11(2)24-23-10)22-15-9-21-25(18(26)16(15)20)19-6-12-3-13(7-19)5-14(4-12)8-19/h9,12-14,22H,3-8H2,1-2H3,(H,23,24). The van der Waals surface area contributed by atoms with Crippen molar-refractivity contribution in [1.29, 1.82) is 0 Å². The molecule has 6 nitrogen and oxygen atoms in total. The summed E-state index contributed by atoms with van der Waals surface area (Å²) in [5.41, 5.74) is 2.85. The van der Waals surface area contributed by atoms with E-state index in [0.717, 1.165) is 54.1 Å². The lowest BCUT2D eigenvalue weighted by molar-refractivity contribution is -0.0518. The van der Waals surface area contributed by atoms with E-state index in [4.69, 9.17) is 11.6 Å². The summed E-state index contributed by atoms with van der Waals surface area (Å²) in [7, 11) is 0. The Morgan fingerprint density at radius 3 is 2.35 bits per heavy atom. The lowest BCUT2D eigenvalue weighted by Crippen LogP contribution is -2.55. The molecule has 0 amide bonds. The predicted molar refractivity (Wildman–Crippen MR) is 101 cm³/mol. The molecule has 0 atom stereocenters. The van der Waals surface area contributed by atoms with Crippen LogP contribution >= 0.6 is 11.6 Å². The zero-order chi connectivity index (χ0) is 18.1. The Bertz CT molecular complexity index is 876. The summed E-state index contributed by atoms with van der Waals surface area (Å²) in [4.78, 5) is 13.1. The molecule has 2 N–H and O–H groups in total. The minimum absolute atomic E-state index is 0.116. The first-order valence-electron chi connectivity index (χ1n) is 9.52. The second kappa shape index (κ2) is 5.59. The quantitative estimate of drug-likeness (QED) is 0.855. The molecule has 4 fully saturated rings. The smallest absolute Gasteiger partial charge is 0.288 e. The maximum absolute atomic E-state index is 13.1. The van der Waals surface area contributed by atoms with Crippen LogP contribution in [-0.4, -0.2) is 20.0 Å². The van der Waals surface area contributed by atoms with Crippen molar-refractivity contribution in [2.24, 2.45) is 17.8 Å². The highest BCUT2D eigenvalue weighted by Gasteiger charge is 2.53. The number of aryl methyl sites for hydroxylation is 2. The van der Waals surface area contributed by atoms with Gasteiger partial charge in [-0.2, -0.15) is 10.2 Å². The minimum atomic E-state index is -0.169. The molecule has 2 heterocycles. The second-order valence-corrected chi connectivity index (χ2v) is 9.04. The summed E-state index contributed by atoms with van der Waals surface area (Å²) < 4.78 is 1.72. The molecule has 2 aromatic rings. The van der Waals surface area contributed by atoms with E-state index in [9.17, 15) is 4.79 Å². The Balaban J connectivity index is 1.52. The number of hydrogen-bond acceptors (Lipinski definition) is 4. The van der Waals surface area contributed by atoms with Gasteiger partial charge in [-0.15, -0.1) is 0 Å². The summed E-state index contributed by atoms with van der Waals surface area (Å²) in [6.45, 7) is 3.84. The van der Waals surface area contributed by atoms with Gasteiger partial charge < -0.3 is 5.32 Å². The van der Waals surface area contributed by atoms with E-state index in [0.29, 0.717) is 5.69 Å². The zero-order valence-electron chi connectivity index (χ0n) is 15.2. The molecule has 0 aromatic carbocycles. The number of nitrogens with zero attached hydrogens (tertiary/aromatic N) is 3. The van der Waals surface area contributed by atoms with E-state index in [1.54, 1.807) is 10.9 Å². The van der Waals surface area contributed by atoms with Crippen molar-refractivity contribution in [3.8, 4) is 0 Å². The topological polar surface area (TPSA) is 75.6 Å². The summed E-state index contributed by atoms with van der Waals surface area (Å²) in [6.07, 6.45) is 8.94. The van der Waals surface area contributed by atoms with Crippen molar-refractivity contribution in [2.45, 2.75) is 57.9 Å². The second-order valence-electron chi connectivity index (χ2n) is 8.67. The first-order chi connectivity index (χ1) is 12.4. The van der Waals surface area contributed by atoms with Crippen molar-refractivity contribution in [3.63, 3.8) is 0 Å². The zero-order valence-corrected chi connectivity index (χ0v) is 15.9. The highest BCUT2D eigenvalue weighted by Crippen LogP contribution is 2.58. The summed E-state index contributed by atoms with van der Waals surface area (Å²) in [5, 5.41) is 15.1. The molecule has 4 aliphatic carbocycles. The Morgan fingerprint density at radius 2 is 1.81 bits per heavy atom. The fraction of sp³-hybridized carbons (Fsp3) is 0.632. The van der Waals surface area contributed by atoms with E-state index in [1.165, 1.54) is 19.3 Å². The number of aromatic nitrogens is 4. The van der Waals surface area contributed by atoms with Crippen molar-refractivity contribution < 1.29 is 0 Å². The van der Waals surface area contributed by atoms with E-state index in [1.807, 2.05) is 13.8 Å². The highest BCUT2D eigenvalue weighted by atomic mass is 35.5. The highest BCUT2D eigenvalue weighted by molar-refractivity contribution is 6.33. The van der Waals surface area contributed by atoms with Gasteiger partial charge in [0.2, 0.25) is 0 Å². The number of halogens is 1. The van der Waals surface area contributed by atoms with Crippen molar-refractivity contribution in [2.75, 3.05) is 5.32 Å². The summed E-state index contributed by atoms with van der Waals surface area (Å²) >= 11 is 6.49. The van der Waals surface area contributed by atoms with Crippen LogP contribution in [0.4, 0.5) is 11.4 Å². The first kappa shape index (κ1) is 16.4. The number of nitrogens with one attached hydrogen (secondary N) is 2. The van der Waals surface area contributed by atoms with Crippen LogP contribution in [0.25, 0.3) is 0 Å². The Morgan fingerprint density at radius 1 is 1.19 bits per heavy atom. The van der Waals surface area contributed by atoms with Gasteiger partial charge >= 0.3 is 0 Å². The molecule has 4 bridgehead atoms. The predicted octanol–water partition coefficient (Wildman–Crippen LogP) is 3.91. The lowest BCUT2D eigenvalue weighted by atomic mass is 9.53. The number of H-pyrrole nitrogens is 1. The third-order valence-corrected chi connectivity index (χ3v) is 7.13. The van der Waals surface area contributed by atoms with Gasteiger partial charge in [0, 0.05) is 0 Å². The van der Waals surface area contributed by atoms with E-state index in [2.05, 4.69) is 20.6 Å². The molecule has 0 aliphatic heterocycles. The minimum Gasteiger partial charge on any atom is -0.350 e. The van der Waals surface area contributed by atoms with Gasteiger partial charge in [-0.3, -0.25) is 9.89 Å². The molecule has 0 radical (unpaired) electrons. The molecule has 0 saturated heterocycles. The molecular weight excluding hydrogens is 350 g/mol. The van der Waals surface area contributed by atoms with Gasteiger partial charge in [-0.25, -0.2) is 4.68 Å². The molecule has 6 rings (SSSR count). The number of anilines is 2. The number of hydrogen-bond donors (Lipinski definition) is 2. The van der Waals surface area contributed by atoms with Crippen LogP contribution in [0.3, 0.4) is 0 Å². The molecule has 26 heavy (non-hydrogen) atoms. The van der Waals surface area contributed by atoms with Crippen LogP contribution in [0.1, 0.15) is 49.9 Å². The first-order valence-corrected chi connectivity index (χ1v) is 9.90. The largest absolute Gasteiger partial charge is 0.350 e. The van der Waals surface area contributed by atoms with Crippen LogP contribution in [0.15, 0.2) is 11.0 Å². The SMILES string of the molecule is Cc1n[nH]c(C)c1Nc1cnn(C23CC4CC(CC(C4)C2)C3)c(=O)c1Cl. The van der Waals surface area contributed by atoms with Gasteiger partial charge in [0.1, 0.15) is 5.02 Å². The fourth-order valence-corrected chi connectivity index (χ4v) is 6.23. The van der Waals surface area contributed by atoms with E-state index >= 15 is 0 Å². The van der Waals surface area contributed by atoms with Gasteiger partial charge in [0.25, 0.3) is 5.56 Å². The van der Waals surface area contributed by atoms with E-state index < -0.39 is 0 Å². The molecule has 4 saturated carbocycles. The maximum Gasteiger partial charge on any atom is 0.288 e. The van der Waals surface area contributed by atoms with Crippen molar-refractivity contribution in [3.05, 3.63) is 33.0 Å². The van der Waals surface area contributed by atoms with Crippen LogP contribution in [0.2, 0.25) is 5.02 Å². The molecular formula is C19H24ClN5O.